The number of imidazole rings is 1. The first-order valence-electron chi connectivity index (χ1n) is 6.63. The van der Waals surface area contributed by atoms with Crippen LogP contribution in [-0.4, -0.2) is 22.3 Å². The molecule has 104 valence electrons. The third kappa shape index (κ3) is 2.50. The van der Waals surface area contributed by atoms with Crippen molar-refractivity contribution in [2.75, 3.05) is 7.05 Å². The largest absolute Gasteiger partial charge is 0.326 e. The van der Waals surface area contributed by atoms with Gasteiger partial charge in [0.05, 0.1) is 16.4 Å². The van der Waals surface area contributed by atoms with Crippen molar-refractivity contribution in [2.24, 2.45) is 4.99 Å². The Hall–Kier alpha value is -2.36. The summed E-state index contributed by atoms with van der Waals surface area (Å²) in [5, 5.41) is 1.46. The van der Waals surface area contributed by atoms with E-state index in [0.717, 1.165) is 22.2 Å². The summed E-state index contributed by atoms with van der Waals surface area (Å²) in [5.41, 5.74) is 2.93. The average Bonchev–Trinajstić information content (AvgIpc) is 2.72. The average molecular weight is 269 g/mol. The molecule has 0 bridgehead atoms. The van der Waals surface area contributed by atoms with Crippen molar-refractivity contribution in [1.82, 2.24) is 9.55 Å². The Balaban J connectivity index is 2.53. The minimum absolute atomic E-state index is 0.119. The lowest BCUT2D eigenvalue weighted by atomic mass is 9.99. The van der Waals surface area contributed by atoms with Gasteiger partial charge in [0.1, 0.15) is 0 Å². The van der Waals surface area contributed by atoms with Gasteiger partial charge in [-0.1, -0.05) is 18.7 Å². The Morgan fingerprint density at radius 1 is 1.45 bits per heavy atom. The van der Waals surface area contributed by atoms with Crippen LogP contribution in [0.3, 0.4) is 0 Å². The Morgan fingerprint density at radius 3 is 2.75 bits per heavy atom. The van der Waals surface area contributed by atoms with Crippen LogP contribution in [0.15, 0.2) is 45.2 Å². The van der Waals surface area contributed by atoms with Gasteiger partial charge in [-0.15, -0.1) is 0 Å². The van der Waals surface area contributed by atoms with Crippen LogP contribution < -0.4 is 16.4 Å². The van der Waals surface area contributed by atoms with Crippen LogP contribution in [0.2, 0.25) is 0 Å². The zero-order chi connectivity index (χ0) is 14.7. The highest BCUT2D eigenvalue weighted by molar-refractivity contribution is 6.12. The SMILES string of the molecule is C=c1/c(=C/C2=CC(=C/C)/C(=NC)C=C2)[nH]c(=O)n1CC. The van der Waals surface area contributed by atoms with E-state index in [4.69, 9.17) is 0 Å². The molecule has 20 heavy (non-hydrogen) atoms. The minimum Gasteiger partial charge on any atom is -0.306 e. The van der Waals surface area contributed by atoms with E-state index in [-0.39, 0.29) is 5.69 Å². The molecule has 1 N–H and O–H groups in total. The van der Waals surface area contributed by atoms with E-state index in [0.29, 0.717) is 11.9 Å². The molecule has 4 heteroatoms. The van der Waals surface area contributed by atoms with Crippen molar-refractivity contribution in [1.29, 1.82) is 0 Å². The lowest BCUT2D eigenvalue weighted by molar-refractivity contribution is 0.711. The zero-order valence-electron chi connectivity index (χ0n) is 12.1. The van der Waals surface area contributed by atoms with Crippen molar-refractivity contribution in [3.05, 3.63) is 56.6 Å². The summed E-state index contributed by atoms with van der Waals surface area (Å²) in [5.74, 6) is 0. The van der Waals surface area contributed by atoms with E-state index >= 15 is 0 Å². The van der Waals surface area contributed by atoms with Gasteiger partial charge >= 0.3 is 5.69 Å². The molecule has 0 aliphatic heterocycles. The highest BCUT2D eigenvalue weighted by Crippen LogP contribution is 2.14. The van der Waals surface area contributed by atoms with Crippen LogP contribution in [0.25, 0.3) is 12.7 Å². The number of aromatic amines is 1. The van der Waals surface area contributed by atoms with E-state index in [1.807, 2.05) is 44.2 Å². The summed E-state index contributed by atoms with van der Waals surface area (Å²) >= 11 is 0. The summed E-state index contributed by atoms with van der Waals surface area (Å²) in [7, 11) is 1.78. The molecule has 1 heterocycles. The molecule has 0 amide bonds. The molecule has 1 aliphatic carbocycles. The molecule has 1 aromatic rings. The normalized spacial score (nSPS) is 19.9. The van der Waals surface area contributed by atoms with Crippen LogP contribution in [0.5, 0.6) is 0 Å². The maximum atomic E-state index is 11.7. The smallest absolute Gasteiger partial charge is 0.306 e. The molecule has 0 saturated carbocycles. The molecule has 1 aromatic heterocycles. The number of hydrogen-bond donors (Lipinski definition) is 1. The number of hydrogen-bond acceptors (Lipinski definition) is 2. The van der Waals surface area contributed by atoms with Crippen molar-refractivity contribution >= 4 is 18.4 Å². The van der Waals surface area contributed by atoms with Gasteiger partial charge in [-0.05, 0) is 43.2 Å². The molecule has 4 nitrogen and oxygen atoms in total. The Morgan fingerprint density at radius 2 is 2.20 bits per heavy atom. The Bertz CT molecular complexity index is 798. The van der Waals surface area contributed by atoms with Crippen LogP contribution in [0.1, 0.15) is 13.8 Å². The molecule has 0 spiro atoms. The van der Waals surface area contributed by atoms with Gasteiger partial charge in [0, 0.05) is 13.6 Å². The fourth-order valence-electron chi connectivity index (χ4n) is 2.24. The van der Waals surface area contributed by atoms with E-state index < -0.39 is 0 Å². The fraction of sp³-hybridized carbons (Fsp3) is 0.250. The molecular formula is C16H19N3O. The molecule has 1 aliphatic rings. The first-order valence-corrected chi connectivity index (χ1v) is 6.63. The van der Waals surface area contributed by atoms with Crippen molar-refractivity contribution in [3.8, 4) is 0 Å². The maximum absolute atomic E-state index is 11.7. The second-order valence-electron chi connectivity index (χ2n) is 4.51. The first kappa shape index (κ1) is 14.1. The first-order chi connectivity index (χ1) is 9.60. The van der Waals surface area contributed by atoms with E-state index in [9.17, 15) is 4.79 Å². The molecule has 0 atom stereocenters. The van der Waals surface area contributed by atoms with Gasteiger partial charge in [0.25, 0.3) is 0 Å². The molecule has 0 unspecified atom stereocenters. The number of nitrogens with zero attached hydrogens (tertiary/aromatic N) is 2. The topological polar surface area (TPSA) is 50.1 Å². The monoisotopic (exact) mass is 269 g/mol. The predicted octanol–water partition coefficient (Wildman–Crippen LogP) is 0.900. The quantitative estimate of drug-likeness (QED) is 0.852. The number of rotatable bonds is 2. The van der Waals surface area contributed by atoms with Crippen LogP contribution in [0.4, 0.5) is 0 Å². The second kappa shape index (κ2) is 5.74. The van der Waals surface area contributed by atoms with Crippen LogP contribution in [0, 0.1) is 0 Å². The van der Waals surface area contributed by atoms with Crippen molar-refractivity contribution < 1.29 is 0 Å². The number of aromatic nitrogens is 2. The van der Waals surface area contributed by atoms with Gasteiger partial charge in [-0.25, -0.2) is 4.79 Å². The highest BCUT2D eigenvalue weighted by atomic mass is 16.1. The third-order valence-electron chi connectivity index (χ3n) is 3.35. The second-order valence-corrected chi connectivity index (χ2v) is 4.51. The lowest BCUT2D eigenvalue weighted by Gasteiger charge is -2.08. The van der Waals surface area contributed by atoms with E-state index in [2.05, 4.69) is 16.6 Å². The lowest BCUT2D eigenvalue weighted by Crippen LogP contribution is -2.30. The summed E-state index contributed by atoms with van der Waals surface area (Å²) in [4.78, 5) is 18.8. The summed E-state index contributed by atoms with van der Waals surface area (Å²) in [6.07, 6.45) is 9.95. The molecule has 0 fully saturated rings. The van der Waals surface area contributed by atoms with E-state index in [1.165, 1.54) is 0 Å². The summed E-state index contributed by atoms with van der Waals surface area (Å²) in [6.45, 7) is 8.48. The highest BCUT2D eigenvalue weighted by Gasteiger charge is 2.06. The maximum Gasteiger partial charge on any atom is 0.326 e. The number of allylic oxidation sites excluding steroid dienone is 6. The summed E-state index contributed by atoms with van der Waals surface area (Å²) < 4.78 is 1.62. The van der Waals surface area contributed by atoms with Gasteiger partial charge < -0.3 is 4.98 Å². The van der Waals surface area contributed by atoms with Gasteiger partial charge in [0.2, 0.25) is 0 Å². The van der Waals surface area contributed by atoms with Crippen LogP contribution in [-0.2, 0) is 6.54 Å². The van der Waals surface area contributed by atoms with Crippen LogP contribution >= 0.6 is 0 Å². The predicted molar refractivity (Wildman–Crippen MR) is 84.3 cm³/mol. The Labute approximate surface area is 117 Å². The molecule has 0 radical (unpaired) electrons. The molecule has 0 saturated heterocycles. The van der Waals surface area contributed by atoms with Gasteiger partial charge in [0.15, 0.2) is 0 Å². The fourth-order valence-corrected chi connectivity index (χ4v) is 2.24. The number of nitrogens with one attached hydrogen (secondary N) is 1. The van der Waals surface area contributed by atoms with Crippen molar-refractivity contribution in [2.45, 2.75) is 20.4 Å². The minimum atomic E-state index is -0.119. The van der Waals surface area contributed by atoms with Gasteiger partial charge in [-0.2, -0.15) is 0 Å². The standard InChI is InChI=1S/C16H19N3O/c1-5-13-9-12(7-8-14(13)17-4)10-15-11(3)19(6-2)16(20)18-15/h5,7-10H,3,6H2,1-2,4H3,(H,18,20)/b13-5-,15-10-,17-14?. The van der Waals surface area contributed by atoms with E-state index in [1.54, 1.807) is 11.6 Å². The Kier molecular flexibility index (Phi) is 4.03. The molecule has 0 aromatic carbocycles. The van der Waals surface area contributed by atoms with Crippen molar-refractivity contribution in [3.63, 3.8) is 0 Å². The molecule has 2 rings (SSSR count). The third-order valence-corrected chi connectivity index (χ3v) is 3.35. The number of H-pyrrole nitrogens is 1. The van der Waals surface area contributed by atoms with Gasteiger partial charge in [-0.3, -0.25) is 9.56 Å². The summed E-state index contributed by atoms with van der Waals surface area (Å²) in [6, 6.07) is 0. The molecular weight excluding hydrogens is 250 g/mol. The number of aliphatic imine (C=N–C) groups is 1. The zero-order valence-corrected chi connectivity index (χ0v) is 12.1.